The van der Waals surface area contributed by atoms with Gasteiger partial charge in [0, 0.05) is 43.1 Å². The van der Waals surface area contributed by atoms with Gasteiger partial charge in [-0.2, -0.15) is 0 Å². The van der Waals surface area contributed by atoms with Gasteiger partial charge in [-0.1, -0.05) is 18.2 Å². The Balaban J connectivity index is 0.00000182. The van der Waals surface area contributed by atoms with E-state index in [0.29, 0.717) is 12.0 Å². The average Bonchev–Trinajstić information content (AvgIpc) is 3.31. The van der Waals surface area contributed by atoms with E-state index in [1.54, 1.807) is 0 Å². The molecule has 1 N–H and O–H groups in total. The van der Waals surface area contributed by atoms with E-state index in [2.05, 4.69) is 28.2 Å². The highest BCUT2D eigenvalue weighted by atomic mass is 127. The summed E-state index contributed by atoms with van der Waals surface area (Å²) in [7, 11) is 1.85. The molecule has 6 heteroatoms. The molecular weight excluding hydrogens is 429 g/mol. The minimum Gasteiger partial charge on any atom is -0.459 e. The van der Waals surface area contributed by atoms with Crippen LogP contribution in [0.3, 0.4) is 0 Å². The number of nitrogens with zero attached hydrogens (tertiary/aromatic N) is 2. The molecule has 0 aliphatic carbocycles. The van der Waals surface area contributed by atoms with E-state index in [9.17, 15) is 0 Å². The van der Waals surface area contributed by atoms with E-state index in [1.165, 1.54) is 23.8 Å². The van der Waals surface area contributed by atoms with Crippen molar-refractivity contribution in [2.24, 2.45) is 10.4 Å². The summed E-state index contributed by atoms with van der Waals surface area (Å²) in [4.78, 5) is 6.83. The molecule has 25 heavy (non-hydrogen) atoms. The van der Waals surface area contributed by atoms with Crippen LogP contribution in [0.25, 0.3) is 11.0 Å². The number of furan rings is 1. The summed E-state index contributed by atoms with van der Waals surface area (Å²) in [6.07, 6.45) is 2.36. The largest absolute Gasteiger partial charge is 0.459 e. The molecule has 2 saturated heterocycles. The molecule has 0 radical (unpaired) electrons. The van der Waals surface area contributed by atoms with Gasteiger partial charge in [0.15, 0.2) is 5.96 Å². The molecular formula is C19H26IN3O2. The van der Waals surface area contributed by atoms with Crippen LogP contribution in [0.2, 0.25) is 0 Å². The van der Waals surface area contributed by atoms with Gasteiger partial charge in [-0.3, -0.25) is 4.99 Å². The summed E-state index contributed by atoms with van der Waals surface area (Å²) in [5, 5.41) is 4.66. The molecule has 0 saturated carbocycles. The fourth-order valence-corrected chi connectivity index (χ4v) is 3.97. The molecule has 4 rings (SSSR count). The van der Waals surface area contributed by atoms with Crippen LogP contribution in [0.15, 0.2) is 33.7 Å². The highest BCUT2D eigenvalue weighted by Gasteiger charge is 2.42. The predicted molar refractivity (Wildman–Crippen MR) is 111 cm³/mol. The van der Waals surface area contributed by atoms with E-state index < -0.39 is 0 Å². The lowest BCUT2D eigenvalue weighted by Crippen LogP contribution is -2.41. The van der Waals surface area contributed by atoms with E-state index >= 15 is 0 Å². The average molecular weight is 455 g/mol. The molecule has 1 aromatic heterocycles. The Labute approximate surface area is 165 Å². The Morgan fingerprint density at radius 2 is 2.16 bits per heavy atom. The highest BCUT2D eigenvalue weighted by Crippen LogP contribution is 2.38. The van der Waals surface area contributed by atoms with Crippen LogP contribution in [0.1, 0.15) is 24.2 Å². The molecule has 0 bridgehead atoms. The number of fused-ring (bicyclic) bond motifs is 1. The number of nitrogens with one attached hydrogen (secondary N) is 1. The molecule has 136 valence electrons. The van der Waals surface area contributed by atoms with Crippen molar-refractivity contribution >= 4 is 40.9 Å². The lowest BCUT2D eigenvalue weighted by Gasteiger charge is -2.24. The van der Waals surface area contributed by atoms with Crippen molar-refractivity contribution in [1.29, 1.82) is 0 Å². The number of aryl methyl sites for hydroxylation is 1. The second-order valence-corrected chi connectivity index (χ2v) is 7.02. The summed E-state index contributed by atoms with van der Waals surface area (Å²) in [5.41, 5.74) is 2.49. The topological polar surface area (TPSA) is 50.0 Å². The first kappa shape index (κ1) is 18.5. The van der Waals surface area contributed by atoms with Gasteiger partial charge in [0.1, 0.15) is 11.3 Å². The first-order chi connectivity index (χ1) is 11.7. The number of hydrogen-bond donors (Lipinski definition) is 1. The van der Waals surface area contributed by atoms with Crippen LogP contribution < -0.4 is 5.32 Å². The van der Waals surface area contributed by atoms with Gasteiger partial charge in [0.25, 0.3) is 0 Å². The van der Waals surface area contributed by atoms with Gasteiger partial charge in [-0.15, -0.1) is 24.0 Å². The van der Waals surface area contributed by atoms with Crippen LogP contribution in [0.4, 0.5) is 0 Å². The van der Waals surface area contributed by atoms with Crippen molar-refractivity contribution < 1.29 is 9.15 Å². The first-order valence-electron chi connectivity index (χ1n) is 8.71. The lowest BCUT2D eigenvalue weighted by atomic mass is 9.87. The zero-order valence-electron chi connectivity index (χ0n) is 14.9. The van der Waals surface area contributed by atoms with Gasteiger partial charge < -0.3 is 19.4 Å². The van der Waals surface area contributed by atoms with Crippen LogP contribution in [-0.2, 0) is 11.3 Å². The Bertz CT molecular complexity index is 765. The van der Waals surface area contributed by atoms with Crippen LogP contribution >= 0.6 is 24.0 Å². The Morgan fingerprint density at radius 3 is 2.88 bits per heavy atom. The molecule has 2 aliphatic rings. The van der Waals surface area contributed by atoms with Crippen LogP contribution in [0.5, 0.6) is 0 Å². The van der Waals surface area contributed by atoms with Crippen LogP contribution in [-0.4, -0.2) is 44.2 Å². The Kier molecular flexibility index (Phi) is 5.58. The monoisotopic (exact) mass is 455 g/mol. The molecule has 1 unspecified atom stereocenters. The van der Waals surface area contributed by atoms with Crippen molar-refractivity contribution in [3.8, 4) is 0 Å². The molecule has 1 spiro atoms. The molecule has 2 fully saturated rings. The molecule has 2 aliphatic heterocycles. The van der Waals surface area contributed by atoms with E-state index in [-0.39, 0.29) is 24.0 Å². The SMILES string of the molecule is CN=C(NCc1oc2ccccc2c1C)N1CCC2(CCOC2)C1.I. The fraction of sp³-hybridized carbons (Fsp3) is 0.526. The molecule has 3 heterocycles. The number of para-hydroxylation sites is 1. The molecule has 5 nitrogen and oxygen atoms in total. The molecule has 1 atom stereocenters. The standard InChI is InChI=1S/C19H25N3O2.HI/c1-14-15-5-3-4-6-16(15)24-17(14)11-21-18(20-2)22-9-7-19(12-22)8-10-23-13-19;/h3-6H,7-13H2,1-2H3,(H,20,21);1H. The number of likely N-dealkylation sites (tertiary alicyclic amines) is 1. The summed E-state index contributed by atoms with van der Waals surface area (Å²) < 4.78 is 11.6. The third-order valence-electron chi connectivity index (χ3n) is 5.48. The number of guanidine groups is 1. The molecule has 0 amide bonds. The van der Waals surface area contributed by atoms with E-state index in [4.69, 9.17) is 9.15 Å². The van der Waals surface area contributed by atoms with E-state index in [1.807, 2.05) is 25.2 Å². The lowest BCUT2D eigenvalue weighted by molar-refractivity contribution is 0.156. The van der Waals surface area contributed by atoms with Gasteiger partial charge in [0.2, 0.25) is 0 Å². The third kappa shape index (κ3) is 3.51. The summed E-state index contributed by atoms with van der Waals surface area (Å²) in [5.74, 6) is 1.94. The molecule has 1 aromatic carbocycles. The van der Waals surface area contributed by atoms with Gasteiger partial charge >= 0.3 is 0 Å². The zero-order valence-corrected chi connectivity index (χ0v) is 17.2. The van der Waals surface area contributed by atoms with Crippen molar-refractivity contribution in [2.75, 3.05) is 33.4 Å². The number of hydrogen-bond acceptors (Lipinski definition) is 3. The summed E-state index contributed by atoms with van der Waals surface area (Å²) in [6.45, 7) is 6.65. The molecule has 2 aromatic rings. The maximum atomic E-state index is 5.99. The maximum Gasteiger partial charge on any atom is 0.194 e. The third-order valence-corrected chi connectivity index (χ3v) is 5.48. The quantitative estimate of drug-likeness (QED) is 0.428. The van der Waals surface area contributed by atoms with E-state index in [0.717, 1.165) is 43.6 Å². The second kappa shape index (κ2) is 7.53. The zero-order chi connectivity index (χ0) is 16.6. The normalized spacial score (nSPS) is 23.4. The minimum atomic E-state index is 0. The van der Waals surface area contributed by atoms with Gasteiger partial charge in [-0.05, 0) is 25.8 Å². The number of rotatable bonds is 2. The van der Waals surface area contributed by atoms with Gasteiger partial charge in [-0.25, -0.2) is 0 Å². The maximum absolute atomic E-state index is 5.99. The second-order valence-electron chi connectivity index (χ2n) is 7.02. The highest BCUT2D eigenvalue weighted by molar-refractivity contribution is 14.0. The van der Waals surface area contributed by atoms with Crippen molar-refractivity contribution in [2.45, 2.75) is 26.3 Å². The Morgan fingerprint density at radius 1 is 1.32 bits per heavy atom. The number of aliphatic imine (C=N–C) groups is 1. The van der Waals surface area contributed by atoms with Gasteiger partial charge in [0.05, 0.1) is 13.2 Å². The van der Waals surface area contributed by atoms with Crippen molar-refractivity contribution in [3.05, 3.63) is 35.6 Å². The first-order valence-corrected chi connectivity index (χ1v) is 8.71. The summed E-state index contributed by atoms with van der Waals surface area (Å²) >= 11 is 0. The Hall–Kier alpha value is -1.28. The minimum absolute atomic E-state index is 0. The van der Waals surface area contributed by atoms with Crippen molar-refractivity contribution in [3.63, 3.8) is 0 Å². The van der Waals surface area contributed by atoms with Crippen molar-refractivity contribution in [1.82, 2.24) is 10.2 Å². The smallest absolute Gasteiger partial charge is 0.194 e. The number of halogens is 1. The summed E-state index contributed by atoms with van der Waals surface area (Å²) in [6, 6.07) is 8.19. The van der Waals surface area contributed by atoms with Crippen LogP contribution in [0, 0.1) is 12.3 Å². The number of benzene rings is 1. The predicted octanol–water partition coefficient (Wildman–Crippen LogP) is 3.55. The number of ether oxygens (including phenoxy) is 1. The fourth-order valence-electron chi connectivity index (χ4n) is 3.97.